The summed E-state index contributed by atoms with van der Waals surface area (Å²) in [6, 6.07) is 1.64. The van der Waals surface area contributed by atoms with E-state index >= 15 is 0 Å². The maximum atomic E-state index is 11.8. The summed E-state index contributed by atoms with van der Waals surface area (Å²) in [5.74, 6) is 1.10. The lowest BCUT2D eigenvalue weighted by Gasteiger charge is -2.06. The van der Waals surface area contributed by atoms with Crippen LogP contribution in [0.4, 0.5) is 0 Å². The number of halogens is 1. The fraction of sp³-hybridized carbons (Fsp3) is 0.538. The van der Waals surface area contributed by atoms with Crippen molar-refractivity contribution in [1.29, 1.82) is 0 Å². The maximum Gasteiger partial charge on any atom is 0.252 e. The molecule has 1 N–H and O–H groups in total. The molecule has 3 nitrogen and oxygen atoms in total. The number of carbonyl (C=O) groups excluding carboxylic acids is 1. The third-order valence-electron chi connectivity index (χ3n) is 2.58. The van der Waals surface area contributed by atoms with Gasteiger partial charge < -0.3 is 5.32 Å². The Balaban J connectivity index is 2.16. The first-order chi connectivity index (χ1) is 8.75. The van der Waals surface area contributed by atoms with Gasteiger partial charge >= 0.3 is 0 Å². The Hall–Kier alpha value is -0.740. The number of aromatic nitrogens is 1. The van der Waals surface area contributed by atoms with Crippen LogP contribution in [-0.2, 0) is 0 Å². The van der Waals surface area contributed by atoms with E-state index in [1.807, 2.05) is 11.8 Å². The van der Waals surface area contributed by atoms with Crippen LogP contribution in [0, 0.1) is 0 Å². The minimum Gasteiger partial charge on any atom is -0.352 e. The van der Waals surface area contributed by atoms with Crippen LogP contribution in [0.5, 0.6) is 0 Å². The molecule has 0 atom stereocenters. The average Bonchev–Trinajstić information content (AvgIpc) is 2.38. The number of amides is 1. The van der Waals surface area contributed by atoms with E-state index in [9.17, 15) is 4.79 Å². The van der Waals surface area contributed by atoms with Crippen molar-refractivity contribution in [3.8, 4) is 0 Å². The summed E-state index contributed by atoms with van der Waals surface area (Å²) < 4.78 is 0. The van der Waals surface area contributed by atoms with Gasteiger partial charge in [0.1, 0.15) is 0 Å². The highest BCUT2D eigenvalue weighted by atomic mass is 35.5. The van der Waals surface area contributed by atoms with Crippen LogP contribution in [0.25, 0.3) is 0 Å². The summed E-state index contributed by atoms with van der Waals surface area (Å²) in [5.41, 5.74) is 0.494. The predicted molar refractivity (Wildman–Crippen MR) is 78.4 cm³/mol. The Morgan fingerprint density at radius 2 is 2.17 bits per heavy atom. The summed E-state index contributed by atoms with van der Waals surface area (Å²) in [4.78, 5) is 15.6. The van der Waals surface area contributed by atoms with Gasteiger partial charge in [-0.3, -0.25) is 9.78 Å². The molecule has 0 saturated carbocycles. The highest BCUT2D eigenvalue weighted by Gasteiger charge is 2.08. The van der Waals surface area contributed by atoms with E-state index in [1.54, 1.807) is 12.3 Å². The smallest absolute Gasteiger partial charge is 0.252 e. The van der Waals surface area contributed by atoms with Crippen molar-refractivity contribution < 1.29 is 4.79 Å². The molecular formula is C13H19ClN2OS. The molecule has 1 rings (SSSR count). The summed E-state index contributed by atoms with van der Waals surface area (Å²) in [7, 11) is 0. The molecule has 0 radical (unpaired) electrons. The molecule has 0 aliphatic heterocycles. The maximum absolute atomic E-state index is 11.8. The number of pyridine rings is 1. The Morgan fingerprint density at radius 3 is 2.89 bits per heavy atom. The molecule has 0 saturated heterocycles. The molecule has 1 aromatic heterocycles. The third kappa shape index (κ3) is 5.74. The topological polar surface area (TPSA) is 42.0 Å². The molecule has 1 heterocycles. The molecule has 0 aromatic carbocycles. The molecule has 0 aliphatic rings. The molecule has 0 spiro atoms. The van der Waals surface area contributed by atoms with Crippen LogP contribution >= 0.6 is 23.4 Å². The van der Waals surface area contributed by atoms with Gasteiger partial charge in [-0.15, -0.1) is 0 Å². The van der Waals surface area contributed by atoms with Crippen molar-refractivity contribution in [1.82, 2.24) is 10.3 Å². The van der Waals surface area contributed by atoms with Crippen molar-refractivity contribution in [2.75, 3.05) is 18.6 Å². The van der Waals surface area contributed by atoms with E-state index in [-0.39, 0.29) is 5.91 Å². The first-order valence-corrected chi connectivity index (χ1v) is 7.89. The van der Waals surface area contributed by atoms with E-state index in [2.05, 4.69) is 16.6 Å². The molecule has 100 valence electrons. The first kappa shape index (κ1) is 15.3. The number of nitrogens with one attached hydrogen (secondary N) is 1. The minimum absolute atomic E-state index is 0.119. The van der Waals surface area contributed by atoms with Crippen molar-refractivity contribution in [3.63, 3.8) is 0 Å². The molecule has 0 bridgehead atoms. The van der Waals surface area contributed by atoms with Gasteiger partial charge in [0.15, 0.2) is 0 Å². The van der Waals surface area contributed by atoms with E-state index in [0.717, 1.165) is 12.8 Å². The normalized spacial score (nSPS) is 10.3. The van der Waals surface area contributed by atoms with Crippen molar-refractivity contribution in [2.24, 2.45) is 0 Å². The second kappa shape index (κ2) is 9.22. The fourth-order valence-corrected chi connectivity index (χ4v) is 2.28. The second-order valence-electron chi connectivity index (χ2n) is 4.02. The van der Waals surface area contributed by atoms with E-state index in [4.69, 9.17) is 11.6 Å². The highest BCUT2D eigenvalue weighted by molar-refractivity contribution is 7.98. The van der Waals surface area contributed by atoms with Gasteiger partial charge in [0.05, 0.1) is 10.6 Å². The van der Waals surface area contributed by atoms with Gasteiger partial charge in [0.2, 0.25) is 0 Å². The predicted octanol–water partition coefficient (Wildman–Crippen LogP) is 3.39. The van der Waals surface area contributed by atoms with Gasteiger partial charge in [0.25, 0.3) is 5.91 Å². The Labute approximate surface area is 118 Å². The summed E-state index contributed by atoms with van der Waals surface area (Å²) in [6.45, 7) is 0.705. The van der Waals surface area contributed by atoms with Crippen molar-refractivity contribution in [2.45, 2.75) is 25.7 Å². The monoisotopic (exact) mass is 286 g/mol. The quantitative estimate of drug-likeness (QED) is 0.745. The largest absolute Gasteiger partial charge is 0.352 e. The third-order valence-corrected chi connectivity index (χ3v) is 3.58. The SMILES string of the molecule is CSCCCCCCNC(=O)c1ccncc1Cl. The summed E-state index contributed by atoms with van der Waals surface area (Å²) in [6.07, 6.45) is 9.84. The lowest BCUT2D eigenvalue weighted by atomic mass is 10.2. The molecule has 0 unspecified atom stereocenters. The Morgan fingerprint density at radius 1 is 1.39 bits per heavy atom. The van der Waals surface area contributed by atoms with Crippen LogP contribution in [0.2, 0.25) is 5.02 Å². The van der Waals surface area contributed by atoms with Gasteiger partial charge in [-0.1, -0.05) is 24.4 Å². The highest BCUT2D eigenvalue weighted by Crippen LogP contribution is 2.12. The zero-order chi connectivity index (χ0) is 13.2. The number of unbranched alkanes of at least 4 members (excludes halogenated alkanes) is 3. The molecular weight excluding hydrogens is 268 g/mol. The first-order valence-electron chi connectivity index (χ1n) is 6.12. The fourth-order valence-electron chi connectivity index (χ4n) is 1.58. The molecule has 5 heteroatoms. The number of hydrogen-bond acceptors (Lipinski definition) is 3. The average molecular weight is 287 g/mol. The number of hydrogen-bond donors (Lipinski definition) is 1. The van der Waals surface area contributed by atoms with E-state index < -0.39 is 0 Å². The molecule has 1 amide bonds. The Kier molecular flexibility index (Phi) is 7.85. The van der Waals surface area contributed by atoms with Crippen LogP contribution in [0.1, 0.15) is 36.0 Å². The second-order valence-corrected chi connectivity index (χ2v) is 5.41. The van der Waals surface area contributed by atoms with E-state index in [0.29, 0.717) is 17.1 Å². The standard InChI is InChI=1S/C13H19ClN2OS/c1-18-9-5-3-2-4-7-16-13(17)11-6-8-15-10-12(11)14/h6,8,10H,2-5,7,9H2,1H3,(H,16,17). The van der Waals surface area contributed by atoms with Crippen LogP contribution in [0.15, 0.2) is 18.5 Å². The van der Waals surface area contributed by atoms with E-state index in [1.165, 1.54) is 24.8 Å². The van der Waals surface area contributed by atoms with Crippen LogP contribution in [0.3, 0.4) is 0 Å². The number of rotatable bonds is 8. The molecule has 0 fully saturated rings. The van der Waals surface area contributed by atoms with Crippen LogP contribution < -0.4 is 5.32 Å². The van der Waals surface area contributed by atoms with Crippen molar-refractivity contribution in [3.05, 3.63) is 29.0 Å². The van der Waals surface area contributed by atoms with Crippen molar-refractivity contribution >= 4 is 29.3 Å². The lowest BCUT2D eigenvalue weighted by Crippen LogP contribution is -2.24. The Bertz CT molecular complexity index is 374. The molecule has 1 aromatic rings. The van der Waals surface area contributed by atoms with Gasteiger partial charge in [0, 0.05) is 18.9 Å². The number of nitrogens with zero attached hydrogens (tertiary/aromatic N) is 1. The summed E-state index contributed by atoms with van der Waals surface area (Å²) >= 11 is 7.77. The number of thioether (sulfide) groups is 1. The van der Waals surface area contributed by atoms with Crippen LogP contribution in [-0.4, -0.2) is 29.4 Å². The lowest BCUT2D eigenvalue weighted by molar-refractivity contribution is 0.0953. The van der Waals surface area contributed by atoms with Gasteiger partial charge in [-0.05, 0) is 30.9 Å². The minimum atomic E-state index is -0.119. The summed E-state index contributed by atoms with van der Waals surface area (Å²) in [5, 5.41) is 3.27. The number of carbonyl (C=O) groups is 1. The molecule has 0 aliphatic carbocycles. The van der Waals surface area contributed by atoms with Gasteiger partial charge in [-0.25, -0.2) is 0 Å². The zero-order valence-electron chi connectivity index (χ0n) is 10.6. The molecule has 18 heavy (non-hydrogen) atoms. The van der Waals surface area contributed by atoms with Gasteiger partial charge in [-0.2, -0.15) is 11.8 Å². The zero-order valence-corrected chi connectivity index (χ0v) is 12.2.